The van der Waals surface area contributed by atoms with Crippen LogP contribution < -0.4 is 10.7 Å². The zero-order chi connectivity index (χ0) is 23.3. The van der Waals surface area contributed by atoms with E-state index in [1.807, 2.05) is 0 Å². The Hall–Kier alpha value is -2.84. The van der Waals surface area contributed by atoms with Gasteiger partial charge in [0.2, 0.25) is 15.8 Å². The van der Waals surface area contributed by atoms with E-state index in [-0.39, 0.29) is 20.6 Å². The average molecular weight is 500 g/mol. The van der Waals surface area contributed by atoms with E-state index in [9.17, 15) is 23.6 Å². The number of nitro benzene ring substituents is 1. The molecule has 11 nitrogen and oxygen atoms in total. The van der Waals surface area contributed by atoms with Gasteiger partial charge >= 0.3 is 5.69 Å². The molecule has 1 aliphatic rings. The number of sulfonamides is 1. The first-order valence-corrected chi connectivity index (χ1v) is 11.4. The van der Waals surface area contributed by atoms with E-state index in [0.29, 0.717) is 32.0 Å². The lowest BCUT2D eigenvalue weighted by Gasteiger charge is -2.26. The van der Waals surface area contributed by atoms with E-state index in [0.717, 1.165) is 12.3 Å². The minimum Gasteiger partial charge on any atom is -0.502 e. The van der Waals surface area contributed by atoms with Crippen LogP contribution in [0.4, 0.5) is 11.4 Å². The molecule has 0 amide bonds. The van der Waals surface area contributed by atoms with Gasteiger partial charge in [0.1, 0.15) is 0 Å². The predicted molar refractivity (Wildman–Crippen MR) is 123 cm³/mol. The van der Waals surface area contributed by atoms with Gasteiger partial charge in [-0.2, -0.15) is 9.41 Å². The summed E-state index contributed by atoms with van der Waals surface area (Å²) in [5, 5.41) is 27.7. The molecule has 14 heteroatoms. The molecule has 0 saturated carbocycles. The van der Waals surface area contributed by atoms with Crippen LogP contribution in [-0.4, -0.2) is 60.4 Å². The summed E-state index contributed by atoms with van der Waals surface area (Å²) in [5.41, 5.74) is 2.49. The van der Waals surface area contributed by atoms with Crippen LogP contribution in [0.25, 0.3) is 0 Å². The number of benzene rings is 2. The Kier molecular flexibility index (Phi) is 7.58. The Labute approximate surface area is 193 Å². The van der Waals surface area contributed by atoms with Crippen LogP contribution in [0.3, 0.4) is 0 Å². The van der Waals surface area contributed by atoms with Crippen molar-refractivity contribution in [2.24, 2.45) is 5.10 Å². The van der Waals surface area contributed by atoms with Crippen molar-refractivity contribution in [2.45, 2.75) is 4.90 Å². The number of hydrazone groups is 1. The van der Waals surface area contributed by atoms with Crippen LogP contribution in [-0.2, 0) is 14.8 Å². The summed E-state index contributed by atoms with van der Waals surface area (Å²) in [6.45, 7) is 1.33. The fourth-order valence-corrected chi connectivity index (χ4v) is 4.61. The molecule has 3 rings (SSSR count). The van der Waals surface area contributed by atoms with Crippen LogP contribution in [0, 0.1) is 10.1 Å². The van der Waals surface area contributed by atoms with Crippen LogP contribution >= 0.6 is 23.8 Å². The van der Waals surface area contributed by atoms with E-state index < -0.39 is 26.4 Å². The number of aromatic hydroxyl groups is 1. The minimum absolute atomic E-state index is 0.0252. The van der Waals surface area contributed by atoms with Crippen LogP contribution in [0.2, 0.25) is 5.02 Å². The van der Waals surface area contributed by atoms with Crippen molar-refractivity contribution in [1.82, 2.24) is 9.73 Å². The van der Waals surface area contributed by atoms with Gasteiger partial charge in [-0.1, -0.05) is 11.6 Å². The number of phenols is 1. The summed E-state index contributed by atoms with van der Waals surface area (Å²) in [7, 11) is -3.60. The highest BCUT2D eigenvalue weighted by Crippen LogP contribution is 2.32. The zero-order valence-electron chi connectivity index (χ0n) is 16.4. The summed E-state index contributed by atoms with van der Waals surface area (Å²) in [6, 6.07) is 8.36. The van der Waals surface area contributed by atoms with Gasteiger partial charge in [0.15, 0.2) is 5.11 Å². The van der Waals surface area contributed by atoms with Gasteiger partial charge < -0.3 is 15.2 Å². The highest BCUT2D eigenvalue weighted by Gasteiger charge is 2.26. The van der Waals surface area contributed by atoms with Gasteiger partial charge in [-0.25, -0.2) is 8.42 Å². The number of thiocarbonyl (C=S) groups is 1. The number of nitrogens with one attached hydrogen (secondary N) is 2. The number of ether oxygens (including phenoxy) is 1. The molecule has 1 heterocycles. The molecule has 0 aromatic heterocycles. The highest BCUT2D eigenvalue weighted by atomic mass is 35.5. The van der Waals surface area contributed by atoms with E-state index in [1.54, 1.807) is 12.1 Å². The molecule has 32 heavy (non-hydrogen) atoms. The Morgan fingerprint density at radius 1 is 1.28 bits per heavy atom. The van der Waals surface area contributed by atoms with Gasteiger partial charge in [0.25, 0.3) is 0 Å². The summed E-state index contributed by atoms with van der Waals surface area (Å²) in [6.07, 6.45) is 1.13. The van der Waals surface area contributed by atoms with E-state index in [2.05, 4.69) is 15.8 Å². The first-order valence-electron chi connectivity index (χ1n) is 9.13. The highest BCUT2D eigenvalue weighted by molar-refractivity contribution is 7.89. The van der Waals surface area contributed by atoms with Crippen molar-refractivity contribution >= 4 is 56.5 Å². The third-order valence-electron chi connectivity index (χ3n) is 4.37. The van der Waals surface area contributed by atoms with Crippen molar-refractivity contribution in [3.63, 3.8) is 0 Å². The van der Waals surface area contributed by atoms with E-state index in [1.165, 1.54) is 22.5 Å². The molecule has 2 aromatic carbocycles. The standard InChI is InChI=1S/C18H18ClN5O6S2/c19-13-9-12(17(25)16(10-13)24(26)27)11-20-22-18(31)21-14-1-3-15(4-2-14)32(28,29)23-5-7-30-8-6-23/h1-4,9-11,25H,5-8H2,(H2,21,22,31)/b20-11-. The number of nitro groups is 1. The SMILES string of the molecule is O=[N+]([O-])c1cc(Cl)cc(/C=N\NC(=S)Nc2ccc(S(=O)(=O)N3CCOCC3)cc2)c1O. The first kappa shape index (κ1) is 23.8. The normalized spacial score (nSPS) is 14.9. The molecule has 0 unspecified atom stereocenters. The van der Waals surface area contributed by atoms with Crippen LogP contribution in [0.1, 0.15) is 5.56 Å². The lowest BCUT2D eigenvalue weighted by atomic mass is 10.2. The molecule has 0 radical (unpaired) electrons. The molecule has 1 fully saturated rings. The van der Waals surface area contributed by atoms with Gasteiger partial charge in [0, 0.05) is 35.4 Å². The number of rotatable bonds is 6. The topological polar surface area (TPSA) is 146 Å². The third-order valence-corrected chi connectivity index (χ3v) is 6.69. The molecule has 2 aromatic rings. The Bertz CT molecular complexity index is 1150. The largest absolute Gasteiger partial charge is 0.502 e. The Morgan fingerprint density at radius 3 is 2.56 bits per heavy atom. The number of hydrogen-bond acceptors (Lipinski definition) is 8. The summed E-state index contributed by atoms with van der Waals surface area (Å²) >= 11 is 10.9. The second-order valence-electron chi connectivity index (χ2n) is 6.48. The second-order valence-corrected chi connectivity index (χ2v) is 9.27. The molecule has 0 atom stereocenters. The predicted octanol–water partition coefficient (Wildman–Crippen LogP) is 2.30. The second kappa shape index (κ2) is 10.2. The lowest BCUT2D eigenvalue weighted by Crippen LogP contribution is -2.40. The molecular weight excluding hydrogens is 482 g/mol. The monoisotopic (exact) mass is 499 g/mol. The average Bonchev–Trinajstić information content (AvgIpc) is 2.76. The molecule has 1 saturated heterocycles. The molecular formula is C18H18ClN5O6S2. The maximum atomic E-state index is 12.6. The number of morpholine rings is 1. The number of hydrogen-bond donors (Lipinski definition) is 3. The fraction of sp³-hybridized carbons (Fsp3) is 0.222. The molecule has 170 valence electrons. The maximum absolute atomic E-state index is 12.6. The van der Waals surface area contributed by atoms with Crippen molar-refractivity contribution in [3.8, 4) is 5.75 Å². The van der Waals surface area contributed by atoms with Crippen LogP contribution in [0.5, 0.6) is 5.75 Å². The summed E-state index contributed by atoms with van der Waals surface area (Å²) < 4.78 is 31.8. The van der Waals surface area contributed by atoms with Gasteiger partial charge in [-0.15, -0.1) is 0 Å². The zero-order valence-corrected chi connectivity index (χ0v) is 18.8. The fourth-order valence-electron chi connectivity index (χ4n) is 2.81. The van der Waals surface area contributed by atoms with Crippen LogP contribution in [0.15, 0.2) is 46.4 Å². The maximum Gasteiger partial charge on any atom is 0.312 e. The van der Waals surface area contributed by atoms with Crippen molar-refractivity contribution < 1.29 is 23.2 Å². The summed E-state index contributed by atoms with van der Waals surface area (Å²) in [4.78, 5) is 10.3. The Morgan fingerprint density at radius 2 is 1.94 bits per heavy atom. The quantitative estimate of drug-likeness (QED) is 0.236. The van der Waals surface area contributed by atoms with E-state index >= 15 is 0 Å². The van der Waals surface area contributed by atoms with Crippen molar-refractivity contribution in [3.05, 3.63) is 57.1 Å². The molecule has 3 N–H and O–H groups in total. The molecule has 1 aliphatic heterocycles. The molecule has 0 aliphatic carbocycles. The lowest BCUT2D eigenvalue weighted by molar-refractivity contribution is -0.385. The van der Waals surface area contributed by atoms with Gasteiger partial charge in [-0.3, -0.25) is 15.5 Å². The van der Waals surface area contributed by atoms with E-state index in [4.69, 9.17) is 28.6 Å². The molecule has 0 bridgehead atoms. The number of anilines is 1. The molecule has 0 spiro atoms. The van der Waals surface area contributed by atoms with Crippen molar-refractivity contribution in [2.75, 3.05) is 31.6 Å². The van der Waals surface area contributed by atoms with Crippen molar-refractivity contribution in [1.29, 1.82) is 0 Å². The van der Waals surface area contributed by atoms with Gasteiger partial charge in [0.05, 0.1) is 29.2 Å². The van der Waals surface area contributed by atoms with Gasteiger partial charge in [-0.05, 0) is 42.5 Å². The smallest absolute Gasteiger partial charge is 0.312 e. The summed E-state index contributed by atoms with van der Waals surface area (Å²) in [5.74, 6) is -0.583. The first-order chi connectivity index (χ1) is 15.2. The number of phenolic OH excluding ortho intramolecular Hbond substituents is 1. The number of nitrogens with zero attached hydrogens (tertiary/aromatic N) is 3. The minimum atomic E-state index is -3.60. The Balaban J connectivity index is 1.62. The number of halogens is 1. The third kappa shape index (κ3) is 5.69.